The summed E-state index contributed by atoms with van der Waals surface area (Å²) < 4.78 is 5.15. The monoisotopic (exact) mass is 205 g/mol. The van der Waals surface area contributed by atoms with Crippen LogP contribution in [0.25, 0.3) is 0 Å². The van der Waals surface area contributed by atoms with E-state index < -0.39 is 0 Å². The first-order valence-corrected chi connectivity index (χ1v) is 5.11. The molecule has 1 aliphatic rings. The van der Waals surface area contributed by atoms with Gasteiger partial charge in [0, 0.05) is 13.6 Å². The lowest BCUT2D eigenvalue weighted by molar-refractivity contribution is -0.127. The molecule has 0 saturated carbocycles. The first-order valence-electron chi connectivity index (χ1n) is 5.11. The summed E-state index contributed by atoms with van der Waals surface area (Å²) in [7, 11) is 3.49. The maximum Gasteiger partial charge on any atom is 0.229 e. The van der Waals surface area contributed by atoms with Crippen molar-refractivity contribution in [1.82, 2.24) is 4.90 Å². The van der Waals surface area contributed by atoms with Crippen molar-refractivity contribution in [2.45, 2.75) is 12.3 Å². The Hall–Kier alpha value is -1.51. The lowest BCUT2D eigenvalue weighted by atomic mass is 9.98. The van der Waals surface area contributed by atoms with Crippen molar-refractivity contribution in [1.29, 1.82) is 0 Å². The van der Waals surface area contributed by atoms with Crippen LogP contribution in [-0.4, -0.2) is 31.5 Å². The van der Waals surface area contributed by atoms with Crippen molar-refractivity contribution < 1.29 is 9.53 Å². The van der Waals surface area contributed by atoms with Crippen LogP contribution in [0.5, 0.6) is 5.75 Å². The Balaban J connectivity index is 2.26. The van der Waals surface area contributed by atoms with E-state index in [1.54, 1.807) is 12.0 Å². The van der Waals surface area contributed by atoms with E-state index in [4.69, 9.17) is 4.74 Å². The molecule has 1 aromatic carbocycles. The van der Waals surface area contributed by atoms with Gasteiger partial charge in [-0.2, -0.15) is 0 Å². The van der Waals surface area contributed by atoms with E-state index >= 15 is 0 Å². The SMILES string of the molecule is COc1cccc(C2CCN(C)C2=O)c1. The fourth-order valence-electron chi connectivity index (χ4n) is 1.99. The Morgan fingerprint density at radius 2 is 2.27 bits per heavy atom. The van der Waals surface area contributed by atoms with Gasteiger partial charge in [-0.3, -0.25) is 4.79 Å². The van der Waals surface area contributed by atoms with Gasteiger partial charge >= 0.3 is 0 Å². The Morgan fingerprint density at radius 1 is 1.47 bits per heavy atom. The number of rotatable bonds is 2. The zero-order valence-corrected chi connectivity index (χ0v) is 9.06. The van der Waals surface area contributed by atoms with E-state index in [-0.39, 0.29) is 11.8 Å². The van der Waals surface area contributed by atoms with Crippen LogP contribution in [0.4, 0.5) is 0 Å². The molecule has 0 radical (unpaired) electrons. The van der Waals surface area contributed by atoms with Crippen LogP contribution in [-0.2, 0) is 4.79 Å². The summed E-state index contributed by atoms with van der Waals surface area (Å²) in [6.45, 7) is 0.848. The number of likely N-dealkylation sites (tertiary alicyclic amines) is 1. The van der Waals surface area contributed by atoms with Crippen molar-refractivity contribution in [3.05, 3.63) is 29.8 Å². The number of nitrogens with zero attached hydrogens (tertiary/aromatic N) is 1. The van der Waals surface area contributed by atoms with Crippen molar-refractivity contribution >= 4 is 5.91 Å². The molecule has 1 amide bonds. The van der Waals surface area contributed by atoms with Gasteiger partial charge in [0.25, 0.3) is 0 Å². The molecule has 0 N–H and O–H groups in total. The molecule has 1 atom stereocenters. The van der Waals surface area contributed by atoms with Gasteiger partial charge in [0.15, 0.2) is 0 Å². The Labute approximate surface area is 89.7 Å². The summed E-state index contributed by atoms with van der Waals surface area (Å²) >= 11 is 0. The minimum Gasteiger partial charge on any atom is -0.497 e. The maximum atomic E-state index is 11.8. The number of hydrogen-bond donors (Lipinski definition) is 0. The number of likely N-dealkylation sites (N-methyl/N-ethyl adjacent to an activating group) is 1. The molecular weight excluding hydrogens is 190 g/mol. The lowest BCUT2D eigenvalue weighted by Crippen LogP contribution is -2.21. The highest BCUT2D eigenvalue weighted by molar-refractivity contribution is 5.85. The molecule has 2 rings (SSSR count). The third-order valence-electron chi connectivity index (χ3n) is 2.92. The molecule has 3 heteroatoms. The third-order valence-corrected chi connectivity index (χ3v) is 2.92. The summed E-state index contributed by atoms with van der Waals surface area (Å²) in [5, 5.41) is 0. The highest BCUT2D eigenvalue weighted by Crippen LogP contribution is 2.29. The predicted octanol–water partition coefficient (Wildman–Crippen LogP) is 1.64. The zero-order chi connectivity index (χ0) is 10.8. The molecule has 0 aromatic heterocycles. The standard InChI is InChI=1S/C12H15NO2/c1-13-7-6-11(12(13)14)9-4-3-5-10(8-9)15-2/h3-5,8,11H,6-7H2,1-2H3. The van der Waals surface area contributed by atoms with Crippen molar-refractivity contribution in [2.75, 3.05) is 20.7 Å². The first kappa shape index (κ1) is 10.0. The largest absolute Gasteiger partial charge is 0.497 e. The van der Waals surface area contributed by atoms with Gasteiger partial charge in [-0.1, -0.05) is 12.1 Å². The van der Waals surface area contributed by atoms with E-state index in [0.29, 0.717) is 0 Å². The molecule has 1 heterocycles. The number of carbonyl (C=O) groups is 1. The molecule has 1 unspecified atom stereocenters. The average Bonchev–Trinajstić information content (AvgIpc) is 2.60. The van der Waals surface area contributed by atoms with Gasteiger partial charge in [-0.15, -0.1) is 0 Å². The molecular formula is C12H15NO2. The number of carbonyl (C=O) groups excluding carboxylic acids is 1. The molecule has 0 spiro atoms. The number of hydrogen-bond acceptors (Lipinski definition) is 2. The van der Waals surface area contributed by atoms with Gasteiger partial charge < -0.3 is 9.64 Å². The van der Waals surface area contributed by atoms with Gasteiger partial charge in [0.2, 0.25) is 5.91 Å². The molecule has 15 heavy (non-hydrogen) atoms. The number of ether oxygens (including phenoxy) is 1. The molecule has 80 valence electrons. The molecule has 1 fully saturated rings. The maximum absolute atomic E-state index is 11.8. The van der Waals surface area contributed by atoms with Gasteiger partial charge in [0.1, 0.15) is 5.75 Å². The second-order valence-corrected chi connectivity index (χ2v) is 3.88. The predicted molar refractivity (Wildman–Crippen MR) is 58.0 cm³/mol. The van der Waals surface area contributed by atoms with Crippen LogP contribution in [0.2, 0.25) is 0 Å². The summed E-state index contributed by atoms with van der Waals surface area (Å²) in [5.41, 5.74) is 1.06. The molecule has 3 nitrogen and oxygen atoms in total. The number of benzene rings is 1. The Kier molecular flexibility index (Phi) is 2.62. The van der Waals surface area contributed by atoms with Crippen LogP contribution in [0.1, 0.15) is 17.9 Å². The normalized spacial score (nSPS) is 20.8. The second-order valence-electron chi connectivity index (χ2n) is 3.88. The van der Waals surface area contributed by atoms with E-state index in [9.17, 15) is 4.79 Å². The fraction of sp³-hybridized carbons (Fsp3) is 0.417. The second kappa shape index (κ2) is 3.93. The van der Waals surface area contributed by atoms with Crippen LogP contribution in [0.3, 0.4) is 0 Å². The summed E-state index contributed by atoms with van der Waals surface area (Å²) in [6.07, 6.45) is 0.905. The highest BCUT2D eigenvalue weighted by Gasteiger charge is 2.30. The topological polar surface area (TPSA) is 29.5 Å². The molecule has 1 aromatic rings. The van der Waals surface area contributed by atoms with E-state index in [2.05, 4.69) is 0 Å². The Morgan fingerprint density at radius 3 is 2.87 bits per heavy atom. The van der Waals surface area contributed by atoms with Crippen LogP contribution >= 0.6 is 0 Å². The van der Waals surface area contributed by atoms with Gasteiger partial charge in [0.05, 0.1) is 13.0 Å². The van der Waals surface area contributed by atoms with Crippen LogP contribution in [0.15, 0.2) is 24.3 Å². The van der Waals surface area contributed by atoms with Crippen molar-refractivity contribution in [2.24, 2.45) is 0 Å². The van der Waals surface area contributed by atoms with Gasteiger partial charge in [-0.25, -0.2) is 0 Å². The molecule has 0 bridgehead atoms. The first-order chi connectivity index (χ1) is 7.22. The zero-order valence-electron chi connectivity index (χ0n) is 9.06. The van der Waals surface area contributed by atoms with E-state index in [0.717, 1.165) is 24.3 Å². The molecule has 1 saturated heterocycles. The van der Waals surface area contributed by atoms with Crippen LogP contribution in [0, 0.1) is 0 Å². The number of amides is 1. The summed E-state index contributed by atoms with van der Waals surface area (Å²) in [5.74, 6) is 1.04. The average molecular weight is 205 g/mol. The smallest absolute Gasteiger partial charge is 0.229 e. The lowest BCUT2D eigenvalue weighted by Gasteiger charge is -2.11. The van der Waals surface area contributed by atoms with Crippen molar-refractivity contribution in [3.63, 3.8) is 0 Å². The van der Waals surface area contributed by atoms with Crippen LogP contribution < -0.4 is 4.74 Å². The van der Waals surface area contributed by atoms with E-state index in [1.807, 2.05) is 31.3 Å². The highest BCUT2D eigenvalue weighted by atomic mass is 16.5. The number of methoxy groups -OCH3 is 1. The molecule has 1 aliphatic heterocycles. The molecule has 0 aliphatic carbocycles. The minimum atomic E-state index is 0.0186. The quantitative estimate of drug-likeness (QED) is 0.734. The summed E-state index contributed by atoms with van der Waals surface area (Å²) in [4.78, 5) is 13.6. The van der Waals surface area contributed by atoms with Gasteiger partial charge in [-0.05, 0) is 24.1 Å². The van der Waals surface area contributed by atoms with E-state index in [1.165, 1.54) is 0 Å². The fourth-order valence-corrected chi connectivity index (χ4v) is 1.99. The minimum absolute atomic E-state index is 0.0186. The third kappa shape index (κ3) is 1.82. The van der Waals surface area contributed by atoms with Crippen molar-refractivity contribution in [3.8, 4) is 5.75 Å². The summed E-state index contributed by atoms with van der Waals surface area (Å²) in [6, 6.07) is 7.76. The Bertz CT molecular complexity index is 376.